The maximum absolute atomic E-state index is 12.3. The first-order chi connectivity index (χ1) is 12.7. The third kappa shape index (κ3) is 3.10. The van der Waals surface area contributed by atoms with E-state index >= 15 is 0 Å². The Kier molecular flexibility index (Phi) is 4.03. The fourth-order valence-electron chi connectivity index (χ4n) is 2.75. The summed E-state index contributed by atoms with van der Waals surface area (Å²) in [5.74, 6) is -0.221. The number of nitrogens with one attached hydrogen (secondary N) is 3. The molecule has 3 aromatic heterocycles. The second-order valence-corrected chi connectivity index (χ2v) is 5.81. The lowest BCUT2D eigenvalue weighted by Gasteiger charge is -2.05. The van der Waals surface area contributed by atoms with Crippen LogP contribution in [0, 0.1) is 0 Å². The van der Waals surface area contributed by atoms with Crippen molar-refractivity contribution in [2.24, 2.45) is 0 Å². The Labute approximate surface area is 148 Å². The van der Waals surface area contributed by atoms with Gasteiger partial charge in [0.15, 0.2) is 0 Å². The number of pyridine rings is 1. The molecule has 0 spiro atoms. The molecule has 4 aromatic rings. The summed E-state index contributed by atoms with van der Waals surface area (Å²) in [6.45, 7) is 0. The number of hydrogen-bond donors (Lipinski definition) is 3. The Bertz CT molecular complexity index is 1120. The molecule has 0 aliphatic carbocycles. The second kappa shape index (κ2) is 6.64. The molecule has 1 amide bonds. The summed E-state index contributed by atoms with van der Waals surface area (Å²) in [4.78, 5) is 38.6. The van der Waals surface area contributed by atoms with Gasteiger partial charge in [-0.3, -0.25) is 24.9 Å². The van der Waals surface area contributed by atoms with Crippen LogP contribution in [-0.2, 0) is 6.42 Å². The van der Waals surface area contributed by atoms with E-state index in [1.165, 1.54) is 0 Å². The number of hydrogen-bond acceptors (Lipinski definition) is 4. The lowest BCUT2D eigenvalue weighted by atomic mass is 10.1. The van der Waals surface area contributed by atoms with Gasteiger partial charge in [-0.05, 0) is 23.8 Å². The fraction of sp³-hybridized carbons (Fsp3) is 0.0526. The van der Waals surface area contributed by atoms with Crippen molar-refractivity contribution in [1.82, 2.24) is 19.9 Å². The van der Waals surface area contributed by atoms with Gasteiger partial charge in [0.1, 0.15) is 11.0 Å². The largest absolute Gasteiger partial charge is 0.355 e. The quantitative estimate of drug-likeness (QED) is 0.528. The molecule has 0 fully saturated rings. The monoisotopic (exact) mass is 345 g/mol. The van der Waals surface area contributed by atoms with Gasteiger partial charge in [0, 0.05) is 36.1 Å². The van der Waals surface area contributed by atoms with Gasteiger partial charge in [0.05, 0.1) is 0 Å². The van der Waals surface area contributed by atoms with Crippen LogP contribution >= 0.6 is 0 Å². The van der Waals surface area contributed by atoms with Crippen LogP contribution in [0.4, 0.5) is 5.95 Å². The molecule has 0 bridgehead atoms. The van der Waals surface area contributed by atoms with E-state index in [1.54, 1.807) is 42.9 Å². The highest BCUT2D eigenvalue weighted by Crippen LogP contribution is 2.17. The molecule has 0 atom stereocenters. The number of fused-ring (bicyclic) bond motifs is 1. The van der Waals surface area contributed by atoms with E-state index in [0.29, 0.717) is 23.0 Å². The zero-order valence-corrected chi connectivity index (χ0v) is 13.7. The van der Waals surface area contributed by atoms with Crippen molar-refractivity contribution in [2.75, 3.05) is 5.32 Å². The van der Waals surface area contributed by atoms with Crippen LogP contribution in [0.15, 0.2) is 65.8 Å². The van der Waals surface area contributed by atoms with Crippen LogP contribution in [0.1, 0.15) is 21.5 Å². The topological polar surface area (TPSA) is 104 Å². The van der Waals surface area contributed by atoms with Crippen LogP contribution in [-0.4, -0.2) is 25.8 Å². The van der Waals surface area contributed by atoms with Gasteiger partial charge in [0.2, 0.25) is 5.95 Å². The molecule has 7 heteroatoms. The minimum absolute atomic E-state index is 0.114. The van der Waals surface area contributed by atoms with Crippen LogP contribution in [0.2, 0.25) is 0 Å². The SMILES string of the molecule is O=C(Nc1nc2c(Cc3cccnc3)c[nH]c2c(=O)[nH]1)c1ccccc1. The van der Waals surface area contributed by atoms with Crippen molar-refractivity contribution in [1.29, 1.82) is 0 Å². The van der Waals surface area contributed by atoms with Gasteiger partial charge < -0.3 is 4.98 Å². The normalized spacial score (nSPS) is 10.8. The number of aromatic amines is 2. The van der Waals surface area contributed by atoms with Crippen LogP contribution in [0.3, 0.4) is 0 Å². The van der Waals surface area contributed by atoms with Gasteiger partial charge in [-0.1, -0.05) is 24.3 Å². The maximum Gasteiger partial charge on any atom is 0.276 e. The van der Waals surface area contributed by atoms with Gasteiger partial charge in [-0.2, -0.15) is 0 Å². The molecule has 0 saturated carbocycles. The highest BCUT2D eigenvalue weighted by Gasteiger charge is 2.13. The number of rotatable bonds is 4. The minimum atomic E-state index is -0.337. The molecule has 0 aliphatic heterocycles. The standard InChI is InChI=1S/C19H15N5O2/c25-17(13-6-2-1-3-7-13)23-19-22-15-14(9-12-5-4-8-20-10-12)11-21-16(15)18(26)24-19/h1-8,10-11,21H,9H2,(H2,22,23,24,25,26). The summed E-state index contributed by atoms with van der Waals surface area (Å²) in [5, 5.41) is 2.64. The third-order valence-electron chi connectivity index (χ3n) is 4.00. The molecular weight excluding hydrogens is 330 g/mol. The number of carbonyl (C=O) groups is 1. The van der Waals surface area contributed by atoms with Crippen molar-refractivity contribution in [3.8, 4) is 0 Å². The highest BCUT2D eigenvalue weighted by atomic mass is 16.2. The summed E-state index contributed by atoms with van der Waals surface area (Å²) in [6, 6.07) is 12.6. The summed E-state index contributed by atoms with van der Waals surface area (Å²) in [7, 11) is 0. The molecule has 3 heterocycles. The predicted molar refractivity (Wildman–Crippen MR) is 98.2 cm³/mol. The van der Waals surface area contributed by atoms with Gasteiger partial charge in [-0.25, -0.2) is 4.98 Å². The third-order valence-corrected chi connectivity index (χ3v) is 4.00. The first-order valence-electron chi connectivity index (χ1n) is 8.06. The summed E-state index contributed by atoms with van der Waals surface area (Å²) < 4.78 is 0. The Morgan fingerprint density at radius 1 is 1.12 bits per heavy atom. The van der Waals surface area contributed by atoms with E-state index < -0.39 is 0 Å². The number of carbonyl (C=O) groups excluding carboxylic acids is 1. The molecule has 26 heavy (non-hydrogen) atoms. The van der Waals surface area contributed by atoms with Crippen LogP contribution in [0.25, 0.3) is 11.0 Å². The lowest BCUT2D eigenvalue weighted by molar-refractivity contribution is 0.102. The molecular formula is C19H15N5O2. The number of H-pyrrole nitrogens is 2. The van der Waals surface area contributed by atoms with Crippen molar-refractivity contribution >= 4 is 22.9 Å². The maximum atomic E-state index is 12.3. The Balaban J connectivity index is 1.68. The second-order valence-electron chi connectivity index (χ2n) is 5.81. The minimum Gasteiger partial charge on any atom is -0.355 e. The highest BCUT2D eigenvalue weighted by molar-refractivity contribution is 6.03. The summed E-state index contributed by atoms with van der Waals surface area (Å²) in [5.41, 5.74) is 2.91. The summed E-state index contributed by atoms with van der Waals surface area (Å²) >= 11 is 0. The Morgan fingerprint density at radius 2 is 1.96 bits per heavy atom. The Hall–Kier alpha value is -3.74. The van der Waals surface area contributed by atoms with E-state index in [2.05, 4.69) is 25.3 Å². The number of amides is 1. The van der Waals surface area contributed by atoms with Gasteiger partial charge >= 0.3 is 0 Å². The van der Waals surface area contributed by atoms with E-state index in [1.807, 2.05) is 18.2 Å². The molecule has 0 saturated heterocycles. The average Bonchev–Trinajstić information content (AvgIpc) is 3.06. The first kappa shape index (κ1) is 15.8. The van der Waals surface area contributed by atoms with Crippen LogP contribution in [0.5, 0.6) is 0 Å². The number of anilines is 1. The van der Waals surface area contributed by atoms with E-state index in [-0.39, 0.29) is 17.4 Å². The van der Waals surface area contributed by atoms with E-state index in [4.69, 9.17) is 0 Å². The number of nitrogens with zero attached hydrogens (tertiary/aromatic N) is 2. The van der Waals surface area contributed by atoms with E-state index in [9.17, 15) is 9.59 Å². The zero-order chi connectivity index (χ0) is 17.9. The summed E-state index contributed by atoms with van der Waals surface area (Å²) in [6.07, 6.45) is 5.81. The molecule has 0 aliphatic rings. The molecule has 7 nitrogen and oxygen atoms in total. The zero-order valence-electron chi connectivity index (χ0n) is 13.7. The van der Waals surface area contributed by atoms with Gasteiger partial charge in [-0.15, -0.1) is 0 Å². The average molecular weight is 345 g/mol. The van der Waals surface area contributed by atoms with Crippen molar-refractivity contribution in [3.63, 3.8) is 0 Å². The van der Waals surface area contributed by atoms with Crippen molar-refractivity contribution in [3.05, 3.63) is 88.1 Å². The first-order valence-corrected chi connectivity index (χ1v) is 8.06. The Morgan fingerprint density at radius 3 is 2.73 bits per heavy atom. The fourth-order valence-corrected chi connectivity index (χ4v) is 2.75. The number of aromatic nitrogens is 4. The molecule has 1 aromatic carbocycles. The molecule has 4 rings (SSSR count). The van der Waals surface area contributed by atoms with E-state index in [0.717, 1.165) is 11.1 Å². The molecule has 0 radical (unpaired) electrons. The molecule has 128 valence electrons. The number of benzene rings is 1. The molecule has 3 N–H and O–H groups in total. The van der Waals surface area contributed by atoms with Crippen molar-refractivity contribution < 1.29 is 4.79 Å². The van der Waals surface area contributed by atoms with Crippen LogP contribution < -0.4 is 10.9 Å². The van der Waals surface area contributed by atoms with Gasteiger partial charge in [0.25, 0.3) is 11.5 Å². The lowest BCUT2D eigenvalue weighted by Crippen LogP contribution is -2.18. The molecule has 0 unspecified atom stereocenters. The van der Waals surface area contributed by atoms with Crippen molar-refractivity contribution in [2.45, 2.75) is 6.42 Å². The predicted octanol–water partition coefficient (Wildman–Crippen LogP) is 2.49. The smallest absolute Gasteiger partial charge is 0.276 e.